The van der Waals surface area contributed by atoms with E-state index in [9.17, 15) is 4.79 Å². The number of fused-ring (bicyclic) bond motifs is 1. The zero-order valence-electron chi connectivity index (χ0n) is 14.7. The Bertz CT molecular complexity index is 985. The third kappa shape index (κ3) is 2.93. The standard InChI is InChI=1S/C19H20N4O2S/c1-11-3-4-13(7-12(11)2)14-9-26-19-16(14)18(21-10-22-19)23-5-6-25-15(8-23)17(20)24/h3-4,7,9-10,15H,5-6,8H2,1-2H3,(H2,20,24)/t15-/m1/s1. The first-order valence-corrected chi connectivity index (χ1v) is 9.38. The summed E-state index contributed by atoms with van der Waals surface area (Å²) in [6.07, 6.45) is 0.963. The molecule has 3 aromatic rings. The summed E-state index contributed by atoms with van der Waals surface area (Å²) in [6.45, 7) is 5.74. The average molecular weight is 368 g/mol. The minimum Gasteiger partial charge on any atom is -0.367 e. The Morgan fingerprint density at radius 1 is 1.31 bits per heavy atom. The van der Waals surface area contributed by atoms with Gasteiger partial charge in [0.2, 0.25) is 5.91 Å². The molecule has 7 heteroatoms. The second kappa shape index (κ2) is 6.66. The molecular weight excluding hydrogens is 348 g/mol. The third-order valence-corrected chi connectivity index (χ3v) is 5.74. The fourth-order valence-electron chi connectivity index (χ4n) is 3.23. The van der Waals surface area contributed by atoms with Crippen LogP contribution < -0.4 is 10.6 Å². The molecule has 0 saturated carbocycles. The number of aromatic nitrogens is 2. The van der Waals surface area contributed by atoms with Crippen molar-refractivity contribution in [2.45, 2.75) is 20.0 Å². The van der Waals surface area contributed by atoms with Crippen LogP contribution in [0.3, 0.4) is 0 Å². The first-order valence-electron chi connectivity index (χ1n) is 8.50. The van der Waals surface area contributed by atoms with Crippen LogP contribution in [0.25, 0.3) is 21.3 Å². The average Bonchev–Trinajstić information content (AvgIpc) is 3.08. The second-order valence-electron chi connectivity index (χ2n) is 6.53. The summed E-state index contributed by atoms with van der Waals surface area (Å²) in [5.41, 5.74) is 10.2. The van der Waals surface area contributed by atoms with Crippen LogP contribution in [-0.2, 0) is 9.53 Å². The molecule has 0 unspecified atom stereocenters. The maximum absolute atomic E-state index is 11.5. The molecule has 0 bridgehead atoms. The molecule has 1 atom stereocenters. The first-order chi connectivity index (χ1) is 12.5. The summed E-state index contributed by atoms with van der Waals surface area (Å²) in [4.78, 5) is 23.5. The van der Waals surface area contributed by atoms with Crippen LogP contribution in [0.15, 0.2) is 29.9 Å². The van der Waals surface area contributed by atoms with Gasteiger partial charge in [-0.25, -0.2) is 9.97 Å². The Balaban J connectivity index is 1.82. The zero-order chi connectivity index (χ0) is 18.3. The highest BCUT2D eigenvalue weighted by Crippen LogP contribution is 2.38. The summed E-state index contributed by atoms with van der Waals surface area (Å²) in [5, 5.41) is 3.14. The van der Waals surface area contributed by atoms with Gasteiger partial charge in [-0.15, -0.1) is 11.3 Å². The summed E-state index contributed by atoms with van der Waals surface area (Å²) in [5.74, 6) is 0.388. The lowest BCUT2D eigenvalue weighted by atomic mass is 10.0. The largest absolute Gasteiger partial charge is 0.367 e. The number of morpholine rings is 1. The monoisotopic (exact) mass is 368 g/mol. The van der Waals surface area contributed by atoms with E-state index < -0.39 is 12.0 Å². The van der Waals surface area contributed by atoms with Crippen molar-refractivity contribution in [3.05, 3.63) is 41.0 Å². The molecule has 4 rings (SSSR count). The minimum absolute atomic E-state index is 0.406. The fraction of sp³-hybridized carbons (Fsp3) is 0.316. The van der Waals surface area contributed by atoms with Crippen LogP contribution in [0.5, 0.6) is 0 Å². The highest BCUT2D eigenvalue weighted by Gasteiger charge is 2.27. The lowest BCUT2D eigenvalue weighted by molar-refractivity contribution is -0.130. The number of benzene rings is 1. The summed E-state index contributed by atoms with van der Waals surface area (Å²) in [7, 11) is 0. The third-order valence-electron chi connectivity index (χ3n) is 4.85. The Kier molecular flexibility index (Phi) is 4.34. The number of ether oxygens (including phenoxy) is 1. The molecule has 1 amide bonds. The summed E-state index contributed by atoms with van der Waals surface area (Å²) >= 11 is 1.60. The molecular formula is C19H20N4O2S. The molecule has 1 aliphatic heterocycles. The van der Waals surface area contributed by atoms with E-state index >= 15 is 0 Å². The number of carbonyl (C=O) groups excluding carboxylic acids is 1. The van der Waals surface area contributed by atoms with Crippen molar-refractivity contribution in [3.63, 3.8) is 0 Å². The highest BCUT2D eigenvalue weighted by molar-refractivity contribution is 7.17. The number of amides is 1. The van der Waals surface area contributed by atoms with E-state index in [1.165, 1.54) is 11.1 Å². The van der Waals surface area contributed by atoms with Gasteiger partial charge in [0.05, 0.1) is 18.5 Å². The number of hydrogen-bond donors (Lipinski definition) is 1. The van der Waals surface area contributed by atoms with E-state index in [1.807, 2.05) is 0 Å². The number of rotatable bonds is 3. The van der Waals surface area contributed by atoms with Crippen LogP contribution >= 0.6 is 11.3 Å². The number of anilines is 1. The van der Waals surface area contributed by atoms with Crippen molar-refractivity contribution < 1.29 is 9.53 Å². The summed E-state index contributed by atoms with van der Waals surface area (Å²) in [6, 6.07) is 6.46. The SMILES string of the molecule is Cc1ccc(-c2csc3ncnc(N4CCO[C@@H](C(N)=O)C4)c23)cc1C. The molecule has 1 saturated heterocycles. The van der Waals surface area contributed by atoms with Gasteiger partial charge in [0.1, 0.15) is 17.0 Å². The quantitative estimate of drug-likeness (QED) is 0.769. The second-order valence-corrected chi connectivity index (χ2v) is 7.39. The van der Waals surface area contributed by atoms with Gasteiger partial charge in [0.15, 0.2) is 6.10 Å². The van der Waals surface area contributed by atoms with Crippen LogP contribution in [-0.4, -0.2) is 41.7 Å². The van der Waals surface area contributed by atoms with Gasteiger partial charge < -0.3 is 15.4 Å². The van der Waals surface area contributed by atoms with E-state index in [2.05, 4.69) is 52.3 Å². The van der Waals surface area contributed by atoms with Crippen molar-refractivity contribution in [3.8, 4) is 11.1 Å². The van der Waals surface area contributed by atoms with Crippen LogP contribution in [0, 0.1) is 13.8 Å². The molecule has 0 aliphatic carbocycles. The molecule has 2 N–H and O–H groups in total. The maximum atomic E-state index is 11.5. The first kappa shape index (κ1) is 16.9. The highest BCUT2D eigenvalue weighted by atomic mass is 32.1. The van der Waals surface area contributed by atoms with E-state index in [0.29, 0.717) is 19.7 Å². The van der Waals surface area contributed by atoms with Gasteiger partial charge in [-0.2, -0.15) is 0 Å². The zero-order valence-corrected chi connectivity index (χ0v) is 15.5. The van der Waals surface area contributed by atoms with Crippen molar-refractivity contribution >= 4 is 33.3 Å². The van der Waals surface area contributed by atoms with Crippen LogP contribution in [0.1, 0.15) is 11.1 Å². The number of thiophene rings is 1. The van der Waals surface area contributed by atoms with Crippen molar-refractivity contribution in [1.82, 2.24) is 9.97 Å². The number of hydrogen-bond acceptors (Lipinski definition) is 6. The van der Waals surface area contributed by atoms with Gasteiger partial charge in [-0.05, 0) is 30.5 Å². The van der Waals surface area contributed by atoms with Crippen LogP contribution in [0.2, 0.25) is 0 Å². The lowest BCUT2D eigenvalue weighted by Gasteiger charge is -2.32. The fourth-order valence-corrected chi connectivity index (χ4v) is 4.14. The van der Waals surface area contributed by atoms with Crippen molar-refractivity contribution in [2.24, 2.45) is 5.73 Å². The molecule has 0 radical (unpaired) electrons. The predicted octanol–water partition coefficient (Wildman–Crippen LogP) is 2.67. The number of nitrogens with zero attached hydrogens (tertiary/aromatic N) is 3. The van der Waals surface area contributed by atoms with Crippen molar-refractivity contribution in [2.75, 3.05) is 24.6 Å². The molecule has 3 heterocycles. The van der Waals surface area contributed by atoms with Gasteiger partial charge in [0.25, 0.3) is 0 Å². The topological polar surface area (TPSA) is 81.3 Å². The van der Waals surface area contributed by atoms with E-state index in [1.54, 1.807) is 17.7 Å². The maximum Gasteiger partial charge on any atom is 0.248 e. The number of nitrogens with two attached hydrogens (primary N) is 1. The Morgan fingerprint density at radius 2 is 2.15 bits per heavy atom. The Morgan fingerprint density at radius 3 is 2.92 bits per heavy atom. The smallest absolute Gasteiger partial charge is 0.248 e. The predicted molar refractivity (Wildman–Crippen MR) is 103 cm³/mol. The Labute approximate surface area is 155 Å². The van der Waals surface area contributed by atoms with Gasteiger partial charge in [-0.3, -0.25) is 4.79 Å². The van der Waals surface area contributed by atoms with Gasteiger partial charge in [-0.1, -0.05) is 18.2 Å². The minimum atomic E-state index is -0.613. The number of carbonyl (C=O) groups is 1. The van der Waals surface area contributed by atoms with E-state index in [-0.39, 0.29) is 0 Å². The molecule has 26 heavy (non-hydrogen) atoms. The lowest BCUT2D eigenvalue weighted by Crippen LogP contribution is -2.48. The van der Waals surface area contributed by atoms with Gasteiger partial charge >= 0.3 is 0 Å². The molecule has 0 spiro atoms. The molecule has 1 aliphatic rings. The van der Waals surface area contributed by atoms with E-state index in [0.717, 1.165) is 27.2 Å². The normalized spacial score (nSPS) is 17.6. The Hall–Kier alpha value is -2.51. The van der Waals surface area contributed by atoms with E-state index in [4.69, 9.17) is 10.5 Å². The van der Waals surface area contributed by atoms with Crippen LogP contribution in [0.4, 0.5) is 5.82 Å². The van der Waals surface area contributed by atoms with Crippen molar-refractivity contribution in [1.29, 1.82) is 0 Å². The molecule has 134 valence electrons. The molecule has 2 aromatic heterocycles. The molecule has 6 nitrogen and oxygen atoms in total. The number of aryl methyl sites for hydroxylation is 2. The number of primary amides is 1. The molecule has 1 aromatic carbocycles. The molecule has 1 fully saturated rings. The summed E-state index contributed by atoms with van der Waals surface area (Å²) < 4.78 is 5.47. The van der Waals surface area contributed by atoms with Gasteiger partial charge in [0, 0.05) is 17.5 Å².